The Morgan fingerprint density at radius 3 is 2.56 bits per heavy atom. The number of terminal acetylenes is 1. The van der Waals surface area contributed by atoms with E-state index >= 15 is 0 Å². The maximum absolute atomic E-state index is 12.0. The molecule has 2 atom stereocenters. The summed E-state index contributed by atoms with van der Waals surface area (Å²) in [4.78, 5) is 13.6. The number of hydrogen-bond donors (Lipinski definition) is 1. The molecule has 2 N–H and O–H groups in total. The van der Waals surface area contributed by atoms with Crippen LogP contribution in [0.3, 0.4) is 0 Å². The van der Waals surface area contributed by atoms with Gasteiger partial charge in [-0.05, 0) is 24.6 Å². The first kappa shape index (κ1) is 14.6. The van der Waals surface area contributed by atoms with Crippen LogP contribution in [0, 0.1) is 12.3 Å². The fraction of sp³-hybridized carbons (Fsp3) is 0.357. The molecule has 18 heavy (non-hydrogen) atoms. The third-order valence-corrected chi connectivity index (χ3v) is 3.19. The molecule has 3 nitrogen and oxygen atoms in total. The normalized spacial score (nSPS) is 13.5. The highest BCUT2D eigenvalue weighted by molar-refractivity contribution is 6.30. The van der Waals surface area contributed by atoms with E-state index in [1.807, 2.05) is 19.1 Å². The van der Waals surface area contributed by atoms with E-state index in [1.54, 1.807) is 24.1 Å². The molecule has 0 bridgehead atoms. The Morgan fingerprint density at radius 1 is 1.50 bits per heavy atom. The highest BCUT2D eigenvalue weighted by atomic mass is 35.5. The Morgan fingerprint density at radius 2 is 2.06 bits per heavy atom. The minimum Gasteiger partial charge on any atom is -0.338 e. The molecule has 1 aromatic carbocycles. The molecule has 0 heterocycles. The second-order valence-electron chi connectivity index (χ2n) is 4.19. The number of carbonyl (C=O) groups is 1. The van der Waals surface area contributed by atoms with Crippen LogP contribution >= 0.6 is 11.6 Å². The van der Waals surface area contributed by atoms with Crippen LogP contribution in [-0.4, -0.2) is 23.9 Å². The van der Waals surface area contributed by atoms with Crippen LogP contribution in [0.2, 0.25) is 5.02 Å². The molecule has 0 saturated carbocycles. The molecule has 1 aromatic rings. The van der Waals surface area contributed by atoms with Crippen LogP contribution in [0.5, 0.6) is 0 Å². The molecule has 0 aliphatic heterocycles. The lowest BCUT2D eigenvalue weighted by atomic mass is 10.1. The van der Waals surface area contributed by atoms with Gasteiger partial charge in [-0.3, -0.25) is 4.79 Å². The monoisotopic (exact) mass is 264 g/mol. The van der Waals surface area contributed by atoms with Crippen LogP contribution in [0.1, 0.15) is 24.9 Å². The molecule has 0 fully saturated rings. The largest absolute Gasteiger partial charge is 0.338 e. The number of halogens is 1. The van der Waals surface area contributed by atoms with Gasteiger partial charge in [-0.15, -0.1) is 12.3 Å². The number of benzene rings is 1. The average Bonchev–Trinajstić information content (AvgIpc) is 2.37. The second-order valence-corrected chi connectivity index (χ2v) is 4.63. The topological polar surface area (TPSA) is 46.3 Å². The number of rotatable bonds is 4. The summed E-state index contributed by atoms with van der Waals surface area (Å²) in [7, 11) is 1.72. The predicted octanol–water partition coefficient (Wildman–Crippen LogP) is 2.21. The highest BCUT2D eigenvalue weighted by Gasteiger charge is 2.22. The van der Waals surface area contributed by atoms with Crippen molar-refractivity contribution in [2.75, 3.05) is 7.05 Å². The third-order valence-electron chi connectivity index (χ3n) is 2.94. The van der Waals surface area contributed by atoms with Gasteiger partial charge in [0, 0.05) is 18.5 Å². The number of carbonyl (C=O) groups excluding carboxylic acids is 1. The summed E-state index contributed by atoms with van der Waals surface area (Å²) in [6, 6.07) is 6.67. The zero-order chi connectivity index (χ0) is 13.7. The number of nitrogens with two attached hydrogens (primary N) is 1. The zero-order valence-corrected chi connectivity index (χ0v) is 11.3. The number of hydrogen-bond acceptors (Lipinski definition) is 2. The molecular formula is C14H17ClN2O. The molecule has 0 aliphatic carbocycles. The van der Waals surface area contributed by atoms with Crippen LogP contribution in [-0.2, 0) is 4.79 Å². The summed E-state index contributed by atoms with van der Waals surface area (Å²) in [5.74, 6) is 2.24. The summed E-state index contributed by atoms with van der Waals surface area (Å²) in [6.45, 7) is 1.93. The Bertz CT molecular complexity index is 450. The fourth-order valence-corrected chi connectivity index (χ4v) is 1.76. The molecule has 1 amide bonds. The van der Waals surface area contributed by atoms with Crippen LogP contribution in [0.25, 0.3) is 0 Å². The smallest absolute Gasteiger partial charge is 0.240 e. The van der Waals surface area contributed by atoms with Gasteiger partial charge in [0.15, 0.2) is 0 Å². The van der Waals surface area contributed by atoms with Gasteiger partial charge in [-0.2, -0.15) is 0 Å². The first-order valence-corrected chi connectivity index (χ1v) is 6.06. The summed E-state index contributed by atoms with van der Waals surface area (Å²) in [5.41, 5.74) is 6.72. The quantitative estimate of drug-likeness (QED) is 0.848. The number of nitrogens with zero attached hydrogens (tertiary/aromatic N) is 1. The standard InChI is InChI=1S/C14H17ClN2O/c1-4-5-13(16)14(18)17(3)10(2)11-6-8-12(15)9-7-11/h1,6-10,13H,5,16H2,2-3H3. The van der Waals surface area contributed by atoms with Gasteiger partial charge in [-0.1, -0.05) is 23.7 Å². The lowest BCUT2D eigenvalue weighted by Gasteiger charge is -2.27. The maximum atomic E-state index is 12.0. The van der Waals surface area contributed by atoms with E-state index in [2.05, 4.69) is 5.92 Å². The molecule has 2 unspecified atom stereocenters. The first-order valence-electron chi connectivity index (χ1n) is 5.68. The molecule has 1 rings (SSSR count). The van der Waals surface area contributed by atoms with Gasteiger partial charge in [0.2, 0.25) is 5.91 Å². The van der Waals surface area contributed by atoms with E-state index in [1.165, 1.54) is 0 Å². The fourth-order valence-electron chi connectivity index (χ4n) is 1.63. The summed E-state index contributed by atoms with van der Waals surface area (Å²) in [6.07, 6.45) is 5.40. The van der Waals surface area contributed by atoms with Crippen molar-refractivity contribution in [3.8, 4) is 12.3 Å². The zero-order valence-electron chi connectivity index (χ0n) is 10.6. The summed E-state index contributed by atoms with van der Waals surface area (Å²) >= 11 is 5.83. The van der Waals surface area contributed by atoms with Gasteiger partial charge in [0.25, 0.3) is 0 Å². The molecule has 4 heteroatoms. The molecule has 0 aliphatic rings. The van der Waals surface area contributed by atoms with E-state index in [9.17, 15) is 4.79 Å². The SMILES string of the molecule is C#CCC(N)C(=O)N(C)C(C)c1ccc(Cl)cc1. The Labute approximate surface area is 113 Å². The van der Waals surface area contributed by atoms with Crippen molar-refractivity contribution in [2.45, 2.75) is 25.4 Å². The second kappa shape index (κ2) is 6.44. The van der Waals surface area contributed by atoms with Crippen molar-refractivity contribution in [3.63, 3.8) is 0 Å². The van der Waals surface area contributed by atoms with Crippen LogP contribution in [0.15, 0.2) is 24.3 Å². The maximum Gasteiger partial charge on any atom is 0.240 e. The van der Waals surface area contributed by atoms with Crippen molar-refractivity contribution in [2.24, 2.45) is 5.73 Å². The number of amides is 1. The first-order chi connectivity index (χ1) is 8.47. The average molecular weight is 265 g/mol. The molecule has 0 aromatic heterocycles. The van der Waals surface area contributed by atoms with E-state index in [0.717, 1.165) is 5.56 Å². The van der Waals surface area contributed by atoms with Crippen LogP contribution < -0.4 is 5.73 Å². The van der Waals surface area contributed by atoms with E-state index in [0.29, 0.717) is 5.02 Å². The van der Waals surface area contributed by atoms with Gasteiger partial charge >= 0.3 is 0 Å². The molecule has 0 radical (unpaired) electrons. The van der Waals surface area contributed by atoms with E-state index in [-0.39, 0.29) is 18.4 Å². The summed E-state index contributed by atoms with van der Waals surface area (Å²) < 4.78 is 0. The molecule has 0 saturated heterocycles. The lowest BCUT2D eigenvalue weighted by molar-refractivity contribution is -0.133. The van der Waals surface area contributed by atoms with Crippen molar-refractivity contribution < 1.29 is 4.79 Å². The minimum absolute atomic E-state index is 0.0707. The van der Waals surface area contributed by atoms with Crippen molar-refractivity contribution in [1.29, 1.82) is 0 Å². The number of likely N-dealkylation sites (N-methyl/N-ethyl adjacent to an activating group) is 1. The lowest BCUT2D eigenvalue weighted by Crippen LogP contribution is -2.42. The van der Waals surface area contributed by atoms with E-state index < -0.39 is 6.04 Å². The van der Waals surface area contributed by atoms with Crippen molar-refractivity contribution in [3.05, 3.63) is 34.9 Å². The van der Waals surface area contributed by atoms with Crippen molar-refractivity contribution in [1.82, 2.24) is 4.90 Å². The Balaban J connectivity index is 2.78. The van der Waals surface area contributed by atoms with Gasteiger partial charge < -0.3 is 10.6 Å². The van der Waals surface area contributed by atoms with Gasteiger partial charge in [0.1, 0.15) is 0 Å². The third kappa shape index (κ3) is 3.49. The molecular weight excluding hydrogens is 248 g/mol. The predicted molar refractivity (Wildman–Crippen MR) is 74.1 cm³/mol. The Kier molecular flexibility index (Phi) is 5.21. The molecule has 0 spiro atoms. The van der Waals surface area contributed by atoms with Crippen LogP contribution in [0.4, 0.5) is 0 Å². The van der Waals surface area contributed by atoms with E-state index in [4.69, 9.17) is 23.8 Å². The van der Waals surface area contributed by atoms with Gasteiger partial charge in [-0.25, -0.2) is 0 Å². The highest BCUT2D eigenvalue weighted by Crippen LogP contribution is 2.21. The molecule has 96 valence electrons. The minimum atomic E-state index is -0.644. The van der Waals surface area contributed by atoms with Crippen molar-refractivity contribution >= 4 is 17.5 Å². The summed E-state index contributed by atoms with van der Waals surface area (Å²) in [5, 5.41) is 0.670. The Hall–Kier alpha value is -1.50. The van der Waals surface area contributed by atoms with Gasteiger partial charge in [0.05, 0.1) is 12.1 Å².